The van der Waals surface area contributed by atoms with Gasteiger partial charge in [-0.25, -0.2) is 4.79 Å². The summed E-state index contributed by atoms with van der Waals surface area (Å²) in [5.41, 5.74) is 6.18. The lowest BCUT2D eigenvalue weighted by Gasteiger charge is -2.57. The standard InChI is InChI=1S/C19H28N4O3.ClH/c1-5-11-21-17(25)23-14-9-7-13(8-10-14)22-16(24)19(20)12-15(26-6-2)18(19,3)4;/h5,7-10,15H,1,6,11-12,20H2,2-4H3,(H,22,24)(H2,21,23,25);1H. The van der Waals surface area contributed by atoms with E-state index in [1.165, 1.54) is 0 Å². The first-order valence-corrected chi connectivity index (χ1v) is 8.72. The summed E-state index contributed by atoms with van der Waals surface area (Å²) in [6, 6.07) is 6.54. The second-order valence-electron chi connectivity index (χ2n) is 7.00. The highest BCUT2D eigenvalue weighted by Crippen LogP contribution is 2.50. The van der Waals surface area contributed by atoms with Gasteiger partial charge in [0.2, 0.25) is 5.91 Å². The maximum atomic E-state index is 12.7. The maximum absolute atomic E-state index is 12.7. The molecule has 7 nitrogen and oxygen atoms in total. The van der Waals surface area contributed by atoms with Crippen LogP contribution < -0.4 is 21.7 Å². The van der Waals surface area contributed by atoms with E-state index in [4.69, 9.17) is 10.5 Å². The fourth-order valence-electron chi connectivity index (χ4n) is 3.04. The first-order chi connectivity index (χ1) is 12.2. The minimum absolute atomic E-state index is 0. The number of hydrogen-bond acceptors (Lipinski definition) is 4. The molecule has 0 bridgehead atoms. The van der Waals surface area contributed by atoms with Crippen LogP contribution in [0.1, 0.15) is 27.2 Å². The quantitative estimate of drug-likeness (QED) is 0.532. The van der Waals surface area contributed by atoms with E-state index in [0.29, 0.717) is 30.9 Å². The smallest absolute Gasteiger partial charge is 0.319 e. The maximum Gasteiger partial charge on any atom is 0.319 e. The molecule has 1 aromatic carbocycles. The second kappa shape index (κ2) is 9.21. The zero-order valence-electron chi connectivity index (χ0n) is 16.0. The van der Waals surface area contributed by atoms with Crippen LogP contribution >= 0.6 is 12.4 Å². The number of carbonyl (C=O) groups is 2. The van der Waals surface area contributed by atoms with E-state index < -0.39 is 11.0 Å². The van der Waals surface area contributed by atoms with E-state index in [9.17, 15) is 9.59 Å². The Bertz CT molecular complexity index is 678. The van der Waals surface area contributed by atoms with Gasteiger partial charge in [0.25, 0.3) is 0 Å². The number of nitrogens with two attached hydrogens (primary N) is 1. The van der Waals surface area contributed by atoms with E-state index >= 15 is 0 Å². The van der Waals surface area contributed by atoms with Gasteiger partial charge in [0.05, 0.1) is 6.10 Å². The number of urea groups is 1. The number of hydrogen-bond donors (Lipinski definition) is 4. The summed E-state index contributed by atoms with van der Waals surface area (Å²) in [6.45, 7) is 10.3. The number of halogens is 1. The molecule has 0 heterocycles. The van der Waals surface area contributed by atoms with Gasteiger partial charge in [-0.2, -0.15) is 0 Å². The molecule has 1 aliphatic rings. The van der Waals surface area contributed by atoms with Crippen molar-refractivity contribution in [3.63, 3.8) is 0 Å². The second-order valence-corrected chi connectivity index (χ2v) is 7.00. The molecule has 0 aliphatic heterocycles. The Hall–Kier alpha value is -2.09. The van der Waals surface area contributed by atoms with Crippen molar-refractivity contribution in [2.75, 3.05) is 23.8 Å². The number of carbonyl (C=O) groups excluding carboxylic acids is 2. The first kappa shape index (κ1) is 23.0. The molecule has 3 amide bonds. The molecule has 2 unspecified atom stereocenters. The van der Waals surface area contributed by atoms with Crippen molar-refractivity contribution in [2.45, 2.75) is 38.8 Å². The van der Waals surface area contributed by atoms with Crippen molar-refractivity contribution < 1.29 is 14.3 Å². The monoisotopic (exact) mass is 396 g/mol. The first-order valence-electron chi connectivity index (χ1n) is 8.72. The molecule has 1 aliphatic carbocycles. The van der Waals surface area contributed by atoms with Crippen molar-refractivity contribution >= 4 is 35.7 Å². The third kappa shape index (κ3) is 4.80. The summed E-state index contributed by atoms with van der Waals surface area (Å²) in [5.74, 6) is -0.233. The summed E-state index contributed by atoms with van der Waals surface area (Å²) in [4.78, 5) is 24.3. The predicted octanol–water partition coefficient (Wildman–Crippen LogP) is 2.89. The number of amides is 3. The normalized spacial score (nSPS) is 22.6. The van der Waals surface area contributed by atoms with E-state index in [0.717, 1.165) is 0 Å². The lowest BCUT2D eigenvalue weighted by Crippen LogP contribution is -2.74. The van der Waals surface area contributed by atoms with Crippen LogP contribution in [0.15, 0.2) is 36.9 Å². The number of ether oxygens (including phenoxy) is 1. The molecule has 1 aromatic rings. The Morgan fingerprint density at radius 2 is 1.81 bits per heavy atom. The molecule has 0 saturated heterocycles. The number of nitrogens with one attached hydrogen (secondary N) is 3. The molecule has 0 aromatic heterocycles. The molecule has 5 N–H and O–H groups in total. The zero-order valence-corrected chi connectivity index (χ0v) is 16.8. The molecular formula is C19H29ClN4O3. The van der Waals surface area contributed by atoms with Crippen LogP contribution in [0.2, 0.25) is 0 Å². The van der Waals surface area contributed by atoms with Crippen molar-refractivity contribution in [2.24, 2.45) is 11.1 Å². The Morgan fingerprint density at radius 3 is 2.30 bits per heavy atom. The van der Waals surface area contributed by atoms with Crippen molar-refractivity contribution in [3.05, 3.63) is 36.9 Å². The Labute approximate surface area is 166 Å². The predicted molar refractivity (Wildman–Crippen MR) is 110 cm³/mol. The van der Waals surface area contributed by atoms with Crippen LogP contribution in [-0.2, 0) is 9.53 Å². The molecule has 0 radical (unpaired) electrons. The lowest BCUT2D eigenvalue weighted by atomic mass is 9.54. The van der Waals surface area contributed by atoms with Crippen LogP contribution in [0.25, 0.3) is 0 Å². The fraction of sp³-hybridized carbons (Fsp3) is 0.474. The Morgan fingerprint density at radius 1 is 1.26 bits per heavy atom. The van der Waals surface area contributed by atoms with Gasteiger partial charge in [0.1, 0.15) is 5.54 Å². The summed E-state index contributed by atoms with van der Waals surface area (Å²) >= 11 is 0. The van der Waals surface area contributed by atoms with Crippen molar-refractivity contribution in [1.29, 1.82) is 0 Å². The Balaban J connectivity index is 0.00000364. The van der Waals surface area contributed by atoms with Crippen LogP contribution in [0.4, 0.5) is 16.2 Å². The lowest BCUT2D eigenvalue weighted by molar-refractivity contribution is -0.166. The third-order valence-corrected chi connectivity index (χ3v) is 5.04. The molecule has 2 atom stereocenters. The van der Waals surface area contributed by atoms with Crippen LogP contribution in [0.3, 0.4) is 0 Å². The molecule has 1 fully saturated rings. The number of anilines is 2. The Kier molecular flexibility index (Phi) is 7.83. The minimum Gasteiger partial charge on any atom is -0.378 e. The van der Waals surface area contributed by atoms with Gasteiger partial charge in [-0.3, -0.25) is 4.79 Å². The van der Waals surface area contributed by atoms with Crippen molar-refractivity contribution in [3.8, 4) is 0 Å². The zero-order chi connectivity index (χ0) is 19.4. The third-order valence-electron chi connectivity index (χ3n) is 5.04. The average Bonchev–Trinajstić information content (AvgIpc) is 2.61. The van der Waals surface area contributed by atoms with Gasteiger partial charge >= 0.3 is 6.03 Å². The average molecular weight is 397 g/mol. The van der Waals surface area contributed by atoms with Gasteiger partial charge in [-0.15, -0.1) is 19.0 Å². The summed E-state index contributed by atoms with van der Waals surface area (Å²) in [5, 5.41) is 8.17. The van der Waals surface area contributed by atoms with E-state index in [1.54, 1.807) is 30.3 Å². The van der Waals surface area contributed by atoms with Crippen LogP contribution in [0, 0.1) is 5.41 Å². The van der Waals surface area contributed by atoms with E-state index in [1.807, 2.05) is 20.8 Å². The minimum atomic E-state index is -0.978. The largest absolute Gasteiger partial charge is 0.378 e. The number of benzene rings is 1. The van der Waals surface area contributed by atoms with Crippen molar-refractivity contribution in [1.82, 2.24) is 5.32 Å². The SMILES string of the molecule is C=CCNC(=O)Nc1ccc(NC(=O)C2(N)CC(OCC)C2(C)C)cc1.Cl. The summed E-state index contributed by atoms with van der Waals surface area (Å²) in [6.07, 6.45) is 2.06. The molecule has 0 spiro atoms. The molecule has 2 rings (SSSR count). The van der Waals surface area contributed by atoms with E-state index in [-0.39, 0.29) is 30.4 Å². The van der Waals surface area contributed by atoms with Gasteiger partial charge in [0, 0.05) is 36.4 Å². The summed E-state index contributed by atoms with van der Waals surface area (Å²) in [7, 11) is 0. The fourth-order valence-corrected chi connectivity index (χ4v) is 3.04. The van der Waals surface area contributed by atoms with Gasteiger partial charge in [-0.1, -0.05) is 19.9 Å². The molecular weight excluding hydrogens is 368 g/mol. The number of rotatable bonds is 7. The highest BCUT2D eigenvalue weighted by atomic mass is 35.5. The highest BCUT2D eigenvalue weighted by molar-refractivity contribution is 6.00. The van der Waals surface area contributed by atoms with E-state index in [2.05, 4.69) is 22.5 Å². The molecule has 8 heteroatoms. The van der Waals surface area contributed by atoms with Crippen LogP contribution in [-0.4, -0.2) is 36.7 Å². The summed E-state index contributed by atoms with van der Waals surface area (Å²) < 4.78 is 5.66. The molecule has 150 valence electrons. The van der Waals surface area contributed by atoms with Crippen LogP contribution in [0.5, 0.6) is 0 Å². The van der Waals surface area contributed by atoms with Gasteiger partial charge < -0.3 is 26.4 Å². The topological polar surface area (TPSA) is 105 Å². The van der Waals surface area contributed by atoms with Gasteiger partial charge in [0.15, 0.2) is 0 Å². The molecule has 27 heavy (non-hydrogen) atoms. The van der Waals surface area contributed by atoms with Gasteiger partial charge in [-0.05, 0) is 31.2 Å². The molecule has 1 saturated carbocycles. The highest BCUT2D eigenvalue weighted by Gasteiger charge is 2.62.